The Bertz CT molecular complexity index is 609. The fourth-order valence-corrected chi connectivity index (χ4v) is 4.17. The lowest BCUT2D eigenvalue weighted by Crippen LogP contribution is -2.63. The average molecular weight is 364 g/mol. The number of morpholine rings is 1. The topological polar surface area (TPSA) is 84.3 Å². The Kier molecular flexibility index (Phi) is 5.82. The maximum atomic E-state index is 12.3. The molecule has 1 saturated heterocycles. The van der Waals surface area contributed by atoms with Crippen LogP contribution in [0, 0.1) is 0 Å². The van der Waals surface area contributed by atoms with Crippen LogP contribution in [-0.4, -0.2) is 63.1 Å². The molecular formula is C18H32N6O2. The fourth-order valence-electron chi connectivity index (χ4n) is 4.17. The van der Waals surface area contributed by atoms with Crippen LogP contribution < -0.4 is 10.6 Å². The van der Waals surface area contributed by atoms with Gasteiger partial charge in [0.25, 0.3) is 0 Å². The van der Waals surface area contributed by atoms with Gasteiger partial charge in [0.1, 0.15) is 6.33 Å². The zero-order valence-electron chi connectivity index (χ0n) is 16.3. The van der Waals surface area contributed by atoms with Gasteiger partial charge in [-0.3, -0.25) is 9.58 Å². The van der Waals surface area contributed by atoms with Gasteiger partial charge in [-0.15, -0.1) is 0 Å². The molecule has 8 heteroatoms. The van der Waals surface area contributed by atoms with Crippen molar-refractivity contribution < 1.29 is 9.53 Å². The molecule has 1 saturated carbocycles. The number of rotatable bonds is 5. The van der Waals surface area contributed by atoms with Crippen LogP contribution in [0.3, 0.4) is 0 Å². The van der Waals surface area contributed by atoms with Gasteiger partial charge in [0.15, 0.2) is 5.82 Å². The van der Waals surface area contributed by atoms with E-state index in [1.807, 2.05) is 7.05 Å². The van der Waals surface area contributed by atoms with Gasteiger partial charge in [-0.2, -0.15) is 5.10 Å². The first-order valence-corrected chi connectivity index (χ1v) is 9.64. The van der Waals surface area contributed by atoms with Crippen molar-refractivity contribution in [3.8, 4) is 0 Å². The third-order valence-electron chi connectivity index (χ3n) is 5.51. The molecule has 0 atom stereocenters. The first kappa shape index (κ1) is 19.1. The molecule has 2 amide bonds. The van der Waals surface area contributed by atoms with E-state index in [9.17, 15) is 4.79 Å². The summed E-state index contributed by atoms with van der Waals surface area (Å²) >= 11 is 0. The molecule has 1 aromatic rings. The Morgan fingerprint density at radius 1 is 1.27 bits per heavy atom. The van der Waals surface area contributed by atoms with Gasteiger partial charge >= 0.3 is 6.03 Å². The van der Waals surface area contributed by atoms with E-state index in [-0.39, 0.29) is 17.2 Å². The van der Waals surface area contributed by atoms with Crippen LogP contribution in [0.15, 0.2) is 6.33 Å². The molecule has 0 spiro atoms. The normalized spacial score (nSPS) is 22.7. The number of carbonyl (C=O) groups is 1. The summed E-state index contributed by atoms with van der Waals surface area (Å²) in [5, 5.41) is 10.1. The number of urea groups is 1. The van der Waals surface area contributed by atoms with E-state index >= 15 is 0 Å². The first-order chi connectivity index (χ1) is 12.4. The van der Waals surface area contributed by atoms with Gasteiger partial charge in [-0.25, -0.2) is 9.78 Å². The van der Waals surface area contributed by atoms with E-state index in [1.165, 1.54) is 19.3 Å². The zero-order chi connectivity index (χ0) is 18.6. The Labute approximate surface area is 155 Å². The van der Waals surface area contributed by atoms with Crippen LogP contribution in [0.4, 0.5) is 4.79 Å². The van der Waals surface area contributed by atoms with Crippen molar-refractivity contribution in [2.75, 3.05) is 26.2 Å². The molecule has 2 fully saturated rings. The molecule has 2 aliphatic rings. The van der Waals surface area contributed by atoms with E-state index in [2.05, 4.69) is 39.5 Å². The highest BCUT2D eigenvalue weighted by Crippen LogP contribution is 2.35. The van der Waals surface area contributed by atoms with Crippen molar-refractivity contribution in [2.45, 2.75) is 63.6 Å². The molecule has 2 heterocycles. The second-order valence-corrected chi connectivity index (χ2v) is 8.19. The van der Waals surface area contributed by atoms with E-state index in [0.29, 0.717) is 18.9 Å². The van der Waals surface area contributed by atoms with Crippen LogP contribution in [-0.2, 0) is 18.3 Å². The molecule has 8 nitrogen and oxygen atoms in total. The summed E-state index contributed by atoms with van der Waals surface area (Å²) in [5.74, 6) is 0.616. The van der Waals surface area contributed by atoms with Gasteiger partial charge < -0.3 is 15.4 Å². The summed E-state index contributed by atoms with van der Waals surface area (Å²) in [5.41, 5.74) is -0.0878. The van der Waals surface area contributed by atoms with Crippen molar-refractivity contribution in [2.24, 2.45) is 7.05 Å². The molecule has 0 aromatic carbocycles. The minimum absolute atomic E-state index is 0.0416. The van der Waals surface area contributed by atoms with E-state index < -0.39 is 0 Å². The molecule has 3 rings (SSSR count). The zero-order valence-corrected chi connectivity index (χ0v) is 16.3. The van der Waals surface area contributed by atoms with Crippen LogP contribution in [0.1, 0.15) is 51.8 Å². The molecule has 1 aliphatic carbocycles. The number of nitrogens with one attached hydrogen (secondary N) is 2. The Balaban J connectivity index is 1.56. The first-order valence-electron chi connectivity index (χ1n) is 9.64. The maximum Gasteiger partial charge on any atom is 0.315 e. The summed E-state index contributed by atoms with van der Waals surface area (Å²) in [6.45, 7) is 7.91. The number of carbonyl (C=O) groups excluding carboxylic acids is 1. The van der Waals surface area contributed by atoms with Crippen LogP contribution in [0.2, 0.25) is 0 Å². The highest BCUT2D eigenvalue weighted by atomic mass is 16.5. The minimum Gasteiger partial charge on any atom is -0.373 e. The summed E-state index contributed by atoms with van der Waals surface area (Å²) in [7, 11) is 1.81. The third-order valence-corrected chi connectivity index (χ3v) is 5.51. The van der Waals surface area contributed by atoms with E-state index in [0.717, 1.165) is 32.5 Å². The second-order valence-electron chi connectivity index (χ2n) is 8.19. The third kappa shape index (κ3) is 4.73. The smallest absolute Gasteiger partial charge is 0.315 e. The van der Waals surface area contributed by atoms with Gasteiger partial charge in [0.05, 0.1) is 18.8 Å². The molecule has 146 valence electrons. The predicted octanol–water partition coefficient (Wildman–Crippen LogP) is 1.43. The van der Waals surface area contributed by atoms with E-state index in [1.54, 1.807) is 11.0 Å². The molecule has 1 aromatic heterocycles. The molecular weight excluding hydrogens is 332 g/mol. The van der Waals surface area contributed by atoms with Gasteiger partial charge in [-0.1, -0.05) is 19.3 Å². The minimum atomic E-state index is -0.157. The van der Waals surface area contributed by atoms with Crippen molar-refractivity contribution in [1.82, 2.24) is 30.3 Å². The quantitative estimate of drug-likeness (QED) is 0.826. The Morgan fingerprint density at radius 3 is 2.69 bits per heavy atom. The number of ether oxygens (including phenoxy) is 1. The maximum absolute atomic E-state index is 12.3. The SMILES string of the molecule is Cn1cnc(CNC(=O)NCC2(N3CCOC(C)(C)C3)CCCCC2)n1. The molecule has 26 heavy (non-hydrogen) atoms. The summed E-state index contributed by atoms with van der Waals surface area (Å²) < 4.78 is 7.52. The highest BCUT2D eigenvalue weighted by molar-refractivity contribution is 5.73. The average Bonchev–Trinajstić information content (AvgIpc) is 3.03. The molecule has 0 bridgehead atoms. The molecule has 2 N–H and O–H groups in total. The van der Waals surface area contributed by atoms with Crippen LogP contribution >= 0.6 is 0 Å². The predicted molar refractivity (Wildman–Crippen MR) is 98.7 cm³/mol. The highest BCUT2D eigenvalue weighted by Gasteiger charge is 2.42. The summed E-state index contributed by atoms with van der Waals surface area (Å²) in [6.07, 6.45) is 7.62. The van der Waals surface area contributed by atoms with Crippen molar-refractivity contribution in [1.29, 1.82) is 0 Å². The van der Waals surface area contributed by atoms with Crippen LogP contribution in [0.25, 0.3) is 0 Å². The van der Waals surface area contributed by atoms with Gasteiger partial charge in [0.2, 0.25) is 0 Å². The Morgan fingerprint density at radius 2 is 2.04 bits per heavy atom. The lowest BCUT2D eigenvalue weighted by Gasteiger charge is -2.51. The molecule has 0 radical (unpaired) electrons. The number of hydrogen-bond donors (Lipinski definition) is 2. The van der Waals surface area contributed by atoms with Crippen molar-refractivity contribution in [3.05, 3.63) is 12.2 Å². The standard InChI is InChI=1S/C18H32N6O2/c1-17(2)13-24(9-10-26-17)18(7-5-4-6-8-18)12-20-16(25)19-11-15-21-14-23(3)22-15/h14H,4-13H2,1-3H3,(H2,19,20,25). The van der Waals surface area contributed by atoms with Gasteiger partial charge in [-0.05, 0) is 26.7 Å². The number of nitrogens with zero attached hydrogens (tertiary/aromatic N) is 4. The number of amides is 2. The fraction of sp³-hybridized carbons (Fsp3) is 0.833. The summed E-state index contributed by atoms with van der Waals surface area (Å²) in [6, 6.07) is -0.157. The lowest BCUT2D eigenvalue weighted by atomic mass is 9.79. The molecule has 1 aliphatic heterocycles. The largest absolute Gasteiger partial charge is 0.373 e. The van der Waals surface area contributed by atoms with Crippen LogP contribution in [0.5, 0.6) is 0 Å². The van der Waals surface area contributed by atoms with Crippen molar-refractivity contribution in [3.63, 3.8) is 0 Å². The molecule has 0 unspecified atom stereocenters. The number of aryl methyl sites for hydroxylation is 1. The number of hydrogen-bond acceptors (Lipinski definition) is 5. The second kappa shape index (κ2) is 7.92. The monoisotopic (exact) mass is 364 g/mol. The Hall–Kier alpha value is -1.67. The van der Waals surface area contributed by atoms with Gasteiger partial charge in [0, 0.05) is 32.2 Å². The van der Waals surface area contributed by atoms with E-state index in [4.69, 9.17) is 4.74 Å². The van der Waals surface area contributed by atoms with Crippen molar-refractivity contribution >= 4 is 6.03 Å². The lowest BCUT2D eigenvalue weighted by molar-refractivity contribution is -0.122. The number of aromatic nitrogens is 3. The summed E-state index contributed by atoms with van der Waals surface area (Å²) in [4.78, 5) is 19.0.